The lowest BCUT2D eigenvalue weighted by atomic mass is 10.2. The predicted molar refractivity (Wildman–Crippen MR) is 41.7 cm³/mol. The molecule has 13 heavy (non-hydrogen) atoms. The average molecular weight is 186 g/mol. The summed E-state index contributed by atoms with van der Waals surface area (Å²) in [5, 5.41) is 18.6. The molecule has 0 radical (unpaired) electrons. The van der Waals surface area contributed by atoms with E-state index in [1.165, 1.54) is 0 Å². The number of halogens is 1. The molecule has 0 aromatic heterocycles. The highest BCUT2D eigenvalue weighted by molar-refractivity contribution is 5.35. The molecule has 0 aliphatic carbocycles. The van der Waals surface area contributed by atoms with Gasteiger partial charge in [0.15, 0.2) is 0 Å². The lowest BCUT2D eigenvalue weighted by molar-refractivity contribution is -0.385. The maximum absolute atomic E-state index is 12.8. The van der Waals surface area contributed by atoms with Crippen molar-refractivity contribution in [1.82, 2.24) is 5.48 Å². The van der Waals surface area contributed by atoms with E-state index in [2.05, 4.69) is 0 Å². The standard InChI is InChI=1S/C7H7FN2O3/c8-7-2-1-6(10(12)13)3-5(7)4-9-11/h1-3,9,11H,4H2. The minimum atomic E-state index is -0.625. The van der Waals surface area contributed by atoms with Crippen molar-refractivity contribution in [3.63, 3.8) is 0 Å². The van der Waals surface area contributed by atoms with E-state index >= 15 is 0 Å². The molecule has 5 nitrogen and oxygen atoms in total. The molecule has 1 aromatic rings. The summed E-state index contributed by atoms with van der Waals surface area (Å²) in [6.45, 7) is -0.159. The molecule has 0 aliphatic heterocycles. The Hall–Kier alpha value is -1.53. The van der Waals surface area contributed by atoms with E-state index in [1.54, 1.807) is 5.48 Å². The number of nitro groups is 1. The van der Waals surface area contributed by atoms with Crippen LogP contribution in [-0.4, -0.2) is 10.1 Å². The van der Waals surface area contributed by atoms with Crippen molar-refractivity contribution < 1.29 is 14.5 Å². The van der Waals surface area contributed by atoms with Gasteiger partial charge in [-0.2, -0.15) is 0 Å². The summed E-state index contributed by atoms with van der Waals surface area (Å²) in [7, 11) is 0. The highest BCUT2D eigenvalue weighted by Gasteiger charge is 2.09. The first-order valence-electron chi connectivity index (χ1n) is 3.45. The molecular formula is C7H7FN2O3. The molecule has 0 aliphatic rings. The normalized spacial score (nSPS) is 10.0. The summed E-state index contributed by atoms with van der Waals surface area (Å²) in [6.07, 6.45) is 0. The second-order valence-electron chi connectivity index (χ2n) is 2.37. The van der Waals surface area contributed by atoms with Gasteiger partial charge in [-0.1, -0.05) is 0 Å². The number of rotatable bonds is 3. The molecule has 6 heteroatoms. The second kappa shape index (κ2) is 3.92. The van der Waals surface area contributed by atoms with Gasteiger partial charge >= 0.3 is 0 Å². The highest BCUT2D eigenvalue weighted by Crippen LogP contribution is 2.16. The van der Waals surface area contributed by atoms with E-state index in [0.29, 0.717) is 0 Å². The van der Waals surface area contributed by atoms with Crippen molar-refractivity contribution in [3.8, 4) is 0 Å². The zero-order chi connectivity index (χ0) is 9.84. The van der Waals surface area contributed by atoms with Crippen molar-refractivity contribution in [2.24, 2.45) is 0 Å². The number of nitro benzene ring substituents is 1. The van der Waals surface area contributed by atoms with Crippen molar-refractivity contribution in [2.45, 2.75) is 6.54 Å². The van der Waals surface area contributed by atoms with Crippen LogP contribution in [-0.2, 0) is 6.54 Å². The number of nitrogens with zero attached hydrogens (tertiary/aromatic N) is 1. The quantitative estimate of drug-likeness (QED) is 0.549. The Morgan fingerprint density at radius 1 is 1.62 bits per heavy atom. The number of hydroxylamine groups is 1. The van der Waals surface area contributed by atoms with Crippen LogP contribution in [0.4, 0.5) is 10.1 Å². The largest absolute Gasteiger partial charge is 0.316 e. The van der Waals surface area contributed by atoms with Gasteiger partial charge in [-0.05, 0) is 6.07 Å². The van der Waals surface area contributed by atoms with Gasteiger partial charge in [0.2, 0.25) is 0 Å². The maximum Gasteiger partial charge on any atom is 0.269 e. The van der Waals surface area contributed by atoms with Crippen molar-refractivity contribution in [2.75, 3.05) is 0 Å². The summed E-state index contributed by atoms with van der Waals surface area (Å²) >= 11 is 0. The van der Waals surface area contributed by atoms with Crippen LogP contribution in [0.15, 0.2) is 18.2 Å². The number of hydrogen-bond acceptors (Lipinski definition) is 4. The average Bonchev–Trinajstić information content (AvgIpc) is 2.08. The van der Waals surface area contributed by atoms with Gasteiger partial charge in [-0.15, -0.1) is 0 Å². The van der Waals surface area contributed by atoms with E-state index in [0.717, 1.165) is 18.2 Å². The molecule has 0 bridgehead atoms. The van der Waals surface area contributed by atoms with E-state index in [9.17, 15) is 14.5 Å². The molecule has 0 saturated heterocycles. The molecule has 0 unspecified atom stereocenters. The van der Waals surface area contributed by atoms with Gasteiger partial charge in [-0.25, -0.2) is 9.87 Å². The summed E-state index contributed by atoms with van der Waals surface area (Å²) < 4.78 is 12.8. The van der Waals surface area contributed by atoms with Gasteiger partial charge in [-0.3, -0.25) is 10.1 Å². The Bertz CT molecular complexity index is 330. The van der Waals surface area contributed by atoms with Gasteiger partial charge in [0.1, 0.15) is 5.82 Å². The Kier molecular flexibility index (Phi) is 2.88. The first-order chi connectivity index (χ1) is 6.15. The third-order valence-electron chi connectivity index (χ3n) is 1.51. The lowest BCUT2D eigenvalue weighted by Crippen LogP contribution is -2.08. The number of non-ortho nitro benzene ring substituents is 1. The van der Waals surface area contributed by atoms with E-state index in [-0.39, 0.29) is 17.8 Å². The van der Waals surface area contributed by atoms with Crippen molar-refractivity contribution >= 4 is 5.69 Å². The van der Waals surface area contributed by atoms with Gasteiger partial charge in [0.25, 0.3) is 5.69 Å². The minimum Gasteiger partial charge on any atom is -0.316 e. The van der Waals surface area contributed by atoms with Gasteiger partial charge in [0.05, 0.1) is 4.92 Å². The molecule has 0 amide bonds. The molecule has 70 valence electrons. The molecule has 1 aromatic carbocycles. The Morgan fingerprint density at radius 3 is 2.85 bits per heavy atom. The van der Waals surface area contributed by atoms with E-state index < -0.39 is 10.7 Å². The van der Waals surface area contributed by atoms with Gasteiger partial charge < -0.3 is 5.21 Å². The number of nitrogens with one attached hydrogen (secondary N) is 1. The van der Waals surface area contributed by atoms with Crippen LogP contribution in [0, 0.1) is 15.9 Å². The number of hydrogen-bond donors (Lipinski definition) is 2. The summed E-state index contributed by atoms with van der Waals surface area (Å²) in [6, 6.07) is 3.12. The smallest absolute Gasteiger partial charge is 0.269 e. The zero-order valence-electron chi connectivity index (χ0n) is 6.53. The fourth-order valence-electron chi connectivity index (χ4n) is 0.895. The predicted octanol–water partition coefficient (Wildman–Crippen LogP) is 1.21. The van der Waals surface area contributed by atoms with Crippen LogP contribution < -0.4 is 5.48 Å². The van der Waals surface area contributed by atoms with E-state index in [4.69, 9.17) is 5.21 Å². The first-order valence-corrected chi connectivity index (χ1v) is 3.45. The van der Waals surface area contributed by atoms with Gasteiger partial charge in [0, 0.05) is 24.2 Å². The zero-order valence-corrected chi connectivity index (χ0v) is 6.53. The van der Waals surface area contributed by atoms with Crippen LogP contribution in [0.3, 0.4) is 0 Å². The van der Waals surface area contributed by atoms with Crippen molar-refractivity contribution in [3.05, 3.63) is 39.7 Å². The molecule has 0 spiro atoms. The molecule has 0 fully saturated rings. The van der Waals surface area contributed by atoms with Crippen LogP contribution in [0.2, 0.25) is 0 Å². The highest BCUT2D eigenvalue weighted by atomic mass is 19.1. The summed E-state index contributed by atoms with van der Waals surface area (Å²) in [4.78, 5) is 9.64. The minimum absolute atomic E-state index is 0.0525. The summed E-state index contributed by atoms with van der Waals surface area (Å²) in [5.41, 5.74) is 1.58. The third-order valence-corrected chi connectivity index (χ3v) is 1.51. The van der Waals surface area contributed by atoms with Crippen molar-refractivity contribution in [1.29, 1.82) is 0 Å². The second-order valence-corrected chi connectivity index (χ2v) is 2.37. The Labute approximate surface area is 72.9 Å². The molecule has 2 N–H and O–H groups in total. The van der Waals surface area contributed by atoms with E-state index in [1.807, 2.05) is 0 Å². The van der Waals surface area contributed by atoms with Crippen LogP contribution in [0.5, 0.6) is 0 Å². The van der Waals surface area contributed by atoms with Crippen LogP contribution in [0.1, 0.15) is 5.56 Å². The monoisotopic (exact) mass is 186 g/mol. The van der Waals surface area contributed by atoms with Crippen LogP contribution in [0.25, 0.3) is 0 Å². The SMILES string of the molecule is O=[N+]([O-])c1ccc(F)c(CNO)c1. The third kappa shape index (κ3) is 2.20. The molecular weight excluding hydrogens is 179 g/mol. The fraction of sp³-hybridized carbons (Fsp3) is 0.143. The molecule has 1 rings (SSSR count). The Balaban J connectivity index is 3.03. The lowest BCUT2D eigenvalue weighted by Gasteiger charge is -2.00. The molecule has 0 heterocycles. The fourth-order valence-corrected chi connectivity index (χ4v) is 0.895. The maximum atomic E-state index is 12.8. The Morgan fingerprint density at radius 2 is 2.31 bits per heavy atom. The topological polar surface area (TPSA) is 75.4 Å². The molecule has 0 saturated carbocycles. The number of benzene rings is 1. The first kappa shape index (κ1) is 9.56. The molecule has 0 atom stereocenters. The summed E-state index contributed by atoms with van der Waals surface area (Å²) in [5.74, 6) is -0.591. The van der Waals surface area contributed by atoms with Crippen LogP contribution >= 0.6 is 0 Å².